The Morgan fingerprint density at radius 3 is 1.71 bits per heavy atom. The SMILES string of the molecule is CCCCCCCCCCCC(=O)O.Oc1ccccc1. The maximum Gasteiger partial charge on any atom is 0.303 e. The lowest BCUT2D eigenvalue weighted by Crippen LogP contribution is -1.93. The zero-order valence-electron chi connectivity index (χ0n) is 13.3. The van der Waals surface area contributed by atoms with Gasteiger partial charge >= 0.3 is 5.97 Å². The van der Waals surface area contributed by atoms with Crippen molar-refractivity contribution in [2.24, 2.45) is 0 Å². The molecule has 0 spiro atoms. The Morgan fingerprint density at radius 2 is 1.33 bits per heavy atom. The minimum Gasteiger partial charge on any atom is -0.508 e. The molecule has 0 saturated heterocycles. The minimum absolute atomic E-state index is 0.322. The van der Waals surface area contributed by atoms with Crippen LogP contribution in [0.25, 0.3) is 0 Å². The first-order valence-electron chi connectivity index (χ1n) is 8.12. The summed E-state index contributed by atoms with van der Waals surface area (Å²) in [6.45, 7) is 2.23. The van der Waals surface area contributed by atoms with E-state index < -0.39 is 5.97 Å². The van der Waals surface area contributed by atoms with E-state index in [2.05, 4.69) is 6.92 Å². The molecule has 0 saturated carbocycles. The summed E-state index contributed by atoms with van der Waals surface area (Å²) in [5.41, 5.74) is 0. The summed E-state index contributed by atoms with van der Waals surface area (Å²) in [6.07, 6.45) is 11.5. The Balaban J connectivity index is 0.000000471. The van der Waals surface area contributed by atoms with E-state index in [0.29, 0.717) is 12.2 Å². The average Bonchev–Trinajstić information content (AvgIpc) is 2.47. The van der Waals surface area contributed by atoms with Crippen molar-refractivity contribution in [2.75, 3.05) is 0 Å². The van der Waals surface area contributed by atoms with E-state index in [-0.39, 0.29) is 0 Å². The zero-order valence-corrected chi connectivity index (χ0v) is 13.3. The Kier molecular flexibility index (Phi) is 13.8. The first kappa shape index (κ1) is 19.5. The van der Waals surface area contributed by atoms with E-state index in [9.17, 15) is 4.79 Å². The van der Waals surface area contributed by atoms with Gasteiger partial charge in [-0.2, -0.15) is 0 Å². The first-order chi connectivity index (χ1) is 10.2. The van der Waals surface area contributed by atoms with Crippen LogP contribution in [0.15, 0.2) is 30.3 Å². The van der Waals surface area contributed by atoms with Gasteiger partial charge in [0.25, 0.3) is 0 Å². The number of carbonyl (C=O) groups is 1. The molecule has 1 aromatic carbocycles. The van der Waals surface area contributed by atoms with Gasteiger partial charge < -0.3 is 10.2 Å². The zero-order chi connectivity index (χ0) is 15.8. The minimum atomic E-state index is -0.659. The first-order valence-corrected chi connectivity index (χ1v) is 8.12. The summed E-state index contributed by atoms with van der Waals surface area (Å²) in [5, 5.41) is 17.0. The highest BCUT2D eigenvalue weighted by Crippen LogP contribution is 2.10. The highest BCUT2D eigenvalue weighted by Gasteiger charge is 1.96. The van der Waals surface area contributed by atoms with Crippen LogP contribution in [0.3, 0.4) is 0 Å². The number of carboxylic acid groups (broad SMARTS) is 1. The van der Waals surface area contributed by atoms with E-state index in [0.717, 1.165) is 12.8 Å². The number of benzene rings is 1. The number of phenolic OH excluding ortho intramolecular Hbond substituents is 1. The number of hydrogen-bond donors (Lipinski definition) is 2. The van der Waals surface area contributed by atoms with Crippen LogP contribution in [0.5, 0.6) is 5.75 Å². The predicted molar refractivity (Wildman–Crippen MR) is 87.6 cm³/mol. The fourth-order valence-electron chi connectivity index (χ4n) is 2.01. The average molecular weight is 294 g/mol. The number of unbranched alkanes of at least 4 members (excludes halogenated alkanes) is 8. The van der Waals surface area contributed by atoms with Crippen LogP contribution < -0.4 is 0 Å². The molecule has 0 unspecified atom stereocenters. The van der Waals surface area contributed by atoms with Crippen molar-refractivity contribution in [3.05, 3.63) is 30.3 Å². The second-order valence-corrected chi connectivity index (χ2v) is 5.31. The second-order valence-electron chi connectivity index (χ2n) is 5.31. The largest absolute Gasteiger partial charge is 0.508 e. The van der Waals surface area contributed by atoms with Crippen LogP contribution in [0.4, 0.5) is 0 Å². The van der Waals surface area contributed by atoms with Gasteiger partial charge in [-0.05, 0) is 18.6 Å². The van der Waals surface area contributed by atoms with Crippen LogP contribution in [0.1, 0.15) is 71.1 Å². The second kappa shape index (κ2) is 14.9. The monoisotopic (exact) mass is 294 g/mol. The molecule has 0 heterocycles. The Bertz CT molecular complexity index is 336. The van der Waals surface area contributed by atoms with Crippen LogP contribution >= 0.6 is 0 Å². The Morgan fingerprint density at radius 1 is 0.857 bits per heavy atom. The maximum absolute atomic E-state index is 10.2. The van der Waals surface area contributed by atoms with Crippen molar-refractivity contribution in [1.82, 2.24) is 0 Å². The van der Waals surface area contributed by atoms with Gasteiger partial charge in [-0.15, -0.1) is 0 Å². The third-order valence-electron chi connectivity index (χ3n) is 3.25. The topological polar surface area (TPSA) is 57.5 Å². The molecular weight excluding hydrogens is 264 g/mol. The predicted octanol–water partition coefficient (Wildman–Crippen LogP) is 5.38. The highest BCUT2D eigenvalue weighted by molar-refractivity contribution is 5.66. The molecule has 3 heteroatoms. The van der Waals surface area contributed by atoms with Gasteiger partial charge in [-0.25, -0.2) is 0 Å². The Labute approximate surface area is 129 Å². The number of aliphatic carboxylic acids is 1. The van der Waals surface area contributed by atoms with Gasteiger partial charge in [-0.3, -0.25) is 4.79 Å². The standard InChI is InChI=1S/C12H24O2.C6H6O/c1-2-3-4-5-6-7-8-9-10-11-12(13)14;7-6-4-2-1-3-5-6/h2-11H2,1H3,(H,13,14);1-5,7H. The molecule has 120 valence electrons. The summed E-state index contributed by atoms with van der Waals surface area (Å²) >= 11 is 0. The molecule has 0 bridgehead atoms. The van der Waals surface area contributed by atoms with Gasteiger partial charge in [0.05, 0.1) is 0 Å². The normalized spacial score (nSPS) is 9.76. The third kappa shape index (κ3) is 16.4. The van der Waals surface area contributed by atoms with Gasteiger partial charge in [-0.1, -0.05) is 76.5 Å². The third-order valence-corrected chi connectivity index (χ3v) is 3.25. The van der Waals surface area contributed by atoms with Gasteiger partial charge in [0.15, 0.2) is 0 Å². The molecule has 1 aromatic rings. The number of carboxylic acids is 1. The van der Waals surface area contributed by atoms with Crippen molar-refractivity contribution in [3.63, 3.8) is 0 Å². The summed E-state index contributed by atoms with van der Waals surface area (Å²) in [5.74, 6) is -0.338. The summed E-state index contributed by atoms with van der Waals surface area (Å²) in [7, 11) is 0. The van der Waals surface area contributed by atoms with Crippen molar-refractivity contribution in [1.29, 1.82) is 0 Å². The van der Waals surface area contributed by atoms with Crippen molar-refractivity contribution in [3.8, 4) is 5.75 Å². The van der Waals surface area contributed by atoms with Crippen LogP contribution in [0, 0.1) is 0 Å². The fraction of sp³-hybridized carbons (Fsp3) is 0.611. The lowest BCUT2D eigenvalue weighted by molar-refractivity contribution is -0.137. The molecular formula is C18H30O3. The number of rotatable bonds is 10. The summed E-state index contributed by atoms with van der Waals surface area (Å²) in [4.78, 5) is 10.2. The summed E-state index contributed by atoms with van der Waals surface area (Å²) in [6, 6.07) is 8.71. The van der Waals surface area contributed by atoms with Gasteiger partial charge in [0.2, 0.25) is 0 Å². The molecule has 0 atom stereocenters. The maximum atomic E-state index is 10.2. The molecule has 21 heavy (non-hydrogen) atoms. The van der Waals surface area contributed by atoms with Crippen molar-refractivity contribution >= 4 is 5.97 Å². The number of phenols is 1. The molecule has 2 N–H and O–H groups in total. The van der Waals surface area contributed by atoms with E-state index in [4.69, 9.17) is 10.2 Å². The van der Waals surface area contributed by atoms with Gasteiger partial charge in [0.1, 0.15) is 5.75 Å². The lowest BCUT2D eigenvalue weighted by atomic mass is 10.1. The molecule has 0 amide bonds. The van der Waals surface area contributed by atoms with E-state index >= 15 is 0 Å². The highest BCUT2D eigenvalue weighted by atomic mass is 16.4. The van der Waals surface area contributed by atoms with E-state index in [1.807, 2.05) is 6.07 Å². The Hall–Kier alpha value is -1.51. The molecule has 0 aromatic heterocycles. The molecule has 0 radical (unpaired) electrons. The quantitative estimate of drug-likeness (QED) is 0.569. The van der Waals surface area contributed by atoms with Crippen LogP contribution in [-0.4, -0.2) is 16.2 Å². The molecule has 0 aliphatic rings. The molecule has 0 fully saturated rings. The van der Waals surface area contributed by atoms with Crippen molar-refractivity contribution < 1.29 is 15.0 Å². The van der Waals surface area contributed by atoms with E-state index in [1.165, 1.54) is 44.9 Å². The fourth-order valence-corrected chi connectivity index (χ4v) is 2.01. The summed E-state index contributed by atoms with van der Waals surface area (Å²) < 4.78 is 0. The molecule has 0 aliphatic carbocycles. The lowest BCUT2D eigenvalue weighted by Gasteiger charge is -2.00. The van der Waals surface area contributed by atoms with Crippen molar-refractivity contribution in [2.45, 2.75) is 71.1 Å². The smallest absolute Gasteiger partial charge is 0.303 e. The molecule has 1 rings (SSSR count). The number of hydrogen-bond acceptors (Lipinski definition) is 2. The van der Waals surface area contributed by atoms with Crippen LogP contribution in [0.2, 0.25) is 0 Å². The van der Waals surface area contributed by atoms with Crippen LogP contribution in [-0.2, 0) is 4.79 Å². The molecule has 0 aliphatic heterocycles. The van der Waals surface area contributed by atoms with Gasteiger partial charge in [0, 0.05) is 6.42 Å². The molecule has 3 nitrogen and oxygen atoms in total. The van der Waals surface area contributed by atoms with E-state index in [1.54, 1.807) is 24.3 Å². The number of aromatic hydroxyl groups is 1. The number of para-hydroxylation sites is 1.